The highest BCUT2D eigenvalue weighted by atomic mass is 32.2. The average molecular weight is 282 g/mol. The third kappa shape index (κ3) is 2.64. The molecule has 2 aliphatic heterocycles. The van der Waals surface area contributed by atoms with Crippen LogP contribution in [0.25, 0.3) is 0 Å². The largest absolute Gasteiger partial charge is 0.315 e. The van der Waals surface area contributed by atoms with Gasteiger partial charge in [0.05, 0.1) is 16.8 Å². The van der Waals surface area contributed by atoms with E-state index < -0.39 is 25.1 Å². The molecule has 2 heterocycles. The SMILES string of the molecule is CN(C1CCS(=O)(=O)C1)S(=O)(=O)C1CCNC1. The van der Waals surface area contributed by atoms with Crippen LogP contribution < -0.4 is 5.32 Å². The van der Waals surface area contributed by atoms with Gasteiger partial charge in [-0.05, 0) is 19.4 Å². The minimum Gasteiger partial charge on any atom is -0.315 e. The molecule has 2 rings (SSSR count). The predicted molar refractivity (Wildman–Crippen MR) is 65.0 cm³/mol. The fourth-order valence-electron chi connectivity index (χ4n) is 2.39. The topological polar surface area (TPSA) is 83.6 Å². The quantitative estimate of drug-likeness (QED) is 0.703. The zero-order chi connectivity index (χ0) is 12.7. The highest BCUT2D eigenvalue weighted by molar-refractivity contribution is 7.92. The van der Waals surface area contributed by atoms with Crippen molar-refractivity contribution in [1.82, 2.24) is 9.62 Å². The third-order valence-corrected chi connectivity index (χ3v) is 7.66. The van der Waals surface area contributed by atoms with Gasteiger partial charge in [0.15, 0.2) is 9.84 Å². The van der Waals surface area contributed by atoms with Crippen LogP contribution in [0.15, 0.2) is 0 Å². The molecule has 0 aromatic carbocycles. The fourth-order valence-corrected chi connectivity index (χ4v) is 6.07. The molecule has 100 valence electrons. The predicted octanol–water partition coefficient (Wildman–Crippen LogP) is -1.20. The van der Waals surface area contributed by atoms with Gasteiger partial charge < -0.3 is 5.32 Å². The summed E-state index contributed by atoms with van der Waals surface area (Å²) in [6.45, 7) is 1.17. The summed E-state index contributed by atoms with van der Waals surface area (Å²) >= 11 is 0. The maximum absolute atomic E-state index is 12.2. The van der Waals surface area contributed by atoms with E-state index in [1.54, 1.807) is 0 Å². The number of hydrogen-bond donors (Lipinski definition) is 1. The molecule has 0 spiro atoms. The Kier molecular flexibility index (Phi) is 3.50. The van der Waals surface area contributed by atoms with E-state index in [9.17, 15) is 16.8 Å². The van der Waals surface area contributed by atoms with Crippen molar-refractivity contribution in [2.45, 2.75) is 24.1 Å². The van der Waals surface area contributed by atoms with Crippen LogP contribution in [0.4, 0.5) is 0 Å². The van der Waals surface area contributed by atoms with Crippen molar-refractivity contribution in [1.29, 1.82) is 0 Å². The molecular formula is C9H18N2O4S2. The Morgan fingerprint density at radius 2 is 2.00 bits per heavy atom. The average Bonchev–Trinajstić information content (AvgIpc) is 2.85. The van der Waals surface area contributed by atoms with Crippen LogP contribution in [-0.4, -0.2) is 64.1 Å². The van der Waals surface area contributed by atoms with Gasteiger partial charge in [0, 0.05) is 19.6 Å². The maximum atomic E-state index is 12.2. The Bertz CT molecular complexity index is 479. The first kappa shape index (κ1) is 13.3. The monoisotopic (exact) mass is 282 g/mol. The number of nitrogens with one attached hydrogen (secondary N) is 1. The van der Waals surface area contributed by atoms with Crippen LogP contribution in [0.5, 0.6) is 0 Å². The van der Waals surface area contributed by atoms with Crippen LogP contribution in [0.1, 0.15) is 12.8 Å². The summed E-state index contributed by atoms with van der Waals surface area (Å²) in [5.74, 6) is 0.0589. The highest BCUT2D eigenvalue weighted by Crippen LogP contribution is 2.22. The molecule has 8 heteroatoms. The molecule has 2 unspecified atom stereocenters. The number of hydrogen-bond acceptors (Lipinski definition) is 5. The van der Waals surface area contributed by atoms with E-state index in [1.807, 2.05) is 0 Å². The molecule has 17 heavy (non-hydrogen) atoms. The lowest BCUT2D eigenvalue weighted by Gasteiger charge is -2.25. The van der Waals surface area contributed by atoms with Gasteiger partial charge in [-0.2, -0.15) is 0 Å². The lowest BCUT2D eigenvalue weighted by atomic mass is 10.3. The molecule has 0 aromatic heterocycles. The molecule has 0 amide bonds. The first-order chi connectivity index (χ1) is 7.83. The molecule has 0 radical (unpaired) electrons. The molecule has 1 N–H and O–H groups in total. The smallest absolute Gasteiger partial charge is 0.218 e. The summed E-state index contributed by atoms with van der Waals surface area (Å²) in [5.41, 5.74) is 0. The van der Waals surface area contributed by atoms with Crippen LogP contribution >= 0.6 is 0 Å². The normalized spacial score (nSPS) is 33.3. The molecule has 2 aliphatic rings. The Morgan fingerprint density at radius 1 is 1.29 bits per heavy atom. The van der Waals surface area contributed by atoms with Gasteiger partial charge in [-0.3, -0.25) is 0 Å². The molecule has 6 nitrogen and oxygen atoms in total. The fraction of sp³-hybridized carbons (Fsp3) is 1.00. The van der Waals surface area contributed by atoms with Crippen LogP contribution in [-0.2, 0) is 19.9 Å². The van der Waals surface area contributed by atoms with Gasteiger partial charge in [-0.25, -0.2) is 21.1 Å². The second kappa shape index (κ2) is 4.49. The van der Waals surface area contributed by atoms with Crippen LogP contribution in [0.3, 0.4) is 0 Å². The lowest BCUT2D eigenvalue weighted by molar-refractivity contribution is 0.388. The van der Waals surface area contributed by atoms with E-state index in [4.69, 9.17) is 0 Å². The van der Waals surface area contributed by atoms with Crippen LogP contribution in [0.2, 0.25) is 0 Å². The van der Waals surface area contributed by atoms with Crippen LogP contribution in [0, 0.1) is 0 Å². The summed E-state index contributed by atoms with van der Waals surface area (Å²) in [6, 6.07) is -0.384. The standard InChI is InChI=1S/C9H18N2O4S2/c1-11(8-3-5-16(12,13)7-8)17(14,15)9-2-4-10-6-9/h8-10H,2-7H2,1H3. The Morgan fingerprint density at radius 3 is 2.47 bits per heavy atom. The molecule has 2 atom stereocenters. The van der Waals surface area contributed by atoms with E-state index in [1.165, 1.54) is 11.4 Å². The van der Waals surface area contributed by atoms with Gasteiger partial charge in [0.25, 0.3) is 0 Å². The van der Waals surface area contributed by atoms with E-state index in [2.05, 4.69) is 5.32 Å². The molecule has 0 aromatic rings. The minimum absolute atomic E-state index is 0.0388. The summed E-state index contributed by atoms with van der Waals surface area (Å²) in [4.78, 5) is 0. The number of sulfone groups is 1. The van der Waals surface area contributed by atoms with Gasteiger partial charge >= 0.3 is 0 Å². The Labute approximate surface area is 102 Å². The number of sulfonamides is 1. The summed E-state index contributed by atoms with van der Waals surface area (Å²) in [6.07, 6.45) is 1.02. The van der Waals surface area contributed by atoms with Crippen molar-refractivity contribution in [3.05, 3.63) is 0 Å². The van der Waals surface area contributed by atoms with E-state index in [0.717, 1.165) is 0 Å². The second-order valence-electron chi connectivity index (χ2n) is 4.73. The molecule has 2 saturated heterocycles. The zero-order valence-corrected chi connectivity index (χ0v) is 11.4. The van der Waals surface area contributed by atoms with Crippen molar-refractivity contribution in [3.8, 4) is 0 Å². The molecule has 0 bridgehead atoms. The van der Waals surface area contributed by atoms with Crippen molar-refractivity contribution in [2.75, 3.05) is 31.6 Å². The highest BCUT2D eigenvalue weighted by Gasteiger charge is 2.39. The van der Waals surface area contributed by atoms with Gasteiger partial charge in [0.1, 0.15) is 0 Å². The van der Waals surface area contributed by atoms with Crippen molar-refractivity contribution in [3.63, 3.8) is 0 Å². The van der Waals surface area contributed by atoms with Gasteiger partial charge in [-0.15, -0.1) is 0 Å². The number of nitrogens with zero attached hydrogens (tertiary/aromatic N) is 1. The molecule has 2 fully saturated rings. The van der Waals surface area contributed by atoms with Gasteiger partial charge in [0.2, 0.25) is 10.0 Å². The van der Waals surface area contributed by atoms with E-state index in [-0.39, 0.29) is 17.5 Å². The first-order valence-corrected chi connectivity index (χ1v) is 9.03. The first-order valence-electron chi connectivity index (χ1n) is 5.71. The second-order valence-corrected chi connectivity index (χ2v) is 9.23. The number of rotatable bonds is 3. The molecule has 0 saturated carbocycles. The van der Waals surface area contributed by atoms with Crippen molar-refractivity contribution in [2.24, 2.45) is 0 Å². The van der Waals surface area contributed by atoms with Crippen molar-refractivity contribution >= 4 is 19.9 Å². The van der Waals surface area contributed by atoms with Gasteiger partial charge in [-0.1, -0.05) is 0 Å². The molecule has 0 aliphatic carbocycles. The summed E-state index contributed by atoms with van der Waals surface area (Å²) in [5, 5.41) is 2.61. The maximum Gasteiger partial charge on any atom is 0.218 e. The van der Waals surface area contributed by atoms with Crippen molar-refractivity contribution < 1.29 is 16.8 Å². The third-order valence-electron chi connectivity index (χ3n) is 3.56. The summed E-state index contributed by atoms with van der Waals surface area (Å²) in [7, 11) is -4.91. The van der Waals surface area contributed by atoms with E-state index >= 15 is 0 Å². The Hall–Kier alpha value is -0.180. The lowest BCUT2D eigenvalue weighted by Crippen LogP contribution is -2.43. The van der Waals surface area contributed by atoms with E-state index in [0.29, 0.717) is 25.9 Å². The minimum atomic E-state index is -3.37. The zero-order valence-electron chi connectivity index (χ0n) is 9.79. The Balaban J connectivity index is 2.12. The molecular weight excluding hydrogens is 264 g/mol. The summed E-state index contributed by atoms with van der Waals surface area (Å²) < 4.78 is 48.4.